The van der Waals surface area contributed by atoms with E-state index in [4.69, 9.17) is 10.5 Å². The van der Waals surface area contributed by atoms with Gasteiger partial charge in [0.25, 0.3) is 0 Å². The van der Waals surface area contributed by atoms with E-state index in [-0.39, 0.29) is 5.54 Å². The van der Waals surface area contributed by atoms with Crippen molar-refractivity contribution in [3.63, 3.8) is 0 Å². The van der Waals surface area contributed by atoms with E-state index in [0.29, 0.717) is 35.2 Å². The molecule has 3 saturated heterocycles. The third-order valence-electron chi connectivity index (χ3n) is 7.13. The molecule has 1 unspecified atom stereocenters. The Kier molecular flexibility index (Phi) is 3.16. The number of anilines is 1. The van der Waals surface area contributed by atoms with E-state index in [1.807, 2.05) is 6.20 Å². The third-order valence-corrected chi connectivity index (χ3v) is 7.13. The normalized spacial score (nSPS) is 34.5. The van der Waals surface area contributed by atoms with Crippen LogP contribution in [0.1, 0.15) is 18.4 Å². The molecule has 5 fully saturated rings. The van der Waals surface area contributed by atoms with E-state index in [1.54, 1.807) is 6.33 Å². The van der Waals surface area contributed by atoms with Gasteiger partial charge in [0.1, 0.15) is 5.82 Å². The molecule has 7 rings (SSSR count). The van der Waals surface area contributed by atoms with E-state index >= 15 is 0 Å². The zero-order valence-corrected chi connectivity index (χ0v) is 15.1. The van der Waals surface area contributed by atoms with Crippen molar-refractivity contribution >= 4 is 5.82 Å². The minimum absolute atomic E-state index is 0.109. The van der Waals surface area contributed by atoms with Crippen LogP contribution in [0.3, 0.4) is 0 Å². The van der Waals surface area contributed by atoms with Crippen molar-refractivity contribution in [2.45, 2.75) is 36.6 Å². The van der Waals surface area contributed by atoms with Crippen LogP contribution in [-0.2, 0) is 16.5 Å². The standard InChI is InChI=1S/C19H20F3N5O/c20-19(21,22)12-5-10(6-24-17(12)23)14-8-26(9-25-14)18-13-7-27(16(18)15(13)18)11-1-3-28-4-2-11/h5-6,8-9,11,13,15-16H,1-4,7H2,(H2,23,24)/t13-,15-,16?,18-/m0/s1. The fourth-order valence-electron chi connectivity index (χ4n) is 5.73. The van der Waals surface area contributed by atoms with Crippen molar-refractivity contribution in [2.24, 2.45) is 11.8 Å². The Balaban J connectivity index is 1.26. The van der Waals surface area contributed by atoms with Crippen molar-refractivity contribution < 1.29 is 17.9 Å². The van der Waals surface area contributed by atoms with Crippen LogP contribution in [0.2, 0.25) is 0 Å². The number of aromatic nitrogens is 3. The number of imidazole rings is 1. The highest BCUT2D eigenvalue weighted by Gasteiger charge is 2.93. The SMILES string of the molecule is Nc1ncc(-c2cn([C@]34C5[C@@H]3[C@@H]4CN5C3CCOCC3)cn2)cc1C(F)(F)F. The maximum atomic E-state index is 13.1. The molecular weight excluding hydrogens is 371 g/mol. The van der Waals surface area contributed by atoms with Gasteiger partial charge in [-0.3, -0.25) is 4.90 Å². The number of alkyl halides is 3. The number of hydrogen-bond donors (Lipinski definition) is 1. The molecule has 0 aromatic carbocycles. The summed E-state index contributed by atoms with van der Waals surface area (Å²) in [5.74, 6) is 0.786. The lowest BCUT2D eigenvalue weighted by Gasteiger charge is -2.31. The molecular formula is C19H20F3N5O. The Bertz CT molecular complexity index is 947. The van der Waals surface area contributed by atoms with Gasteiger partial charge >= 0.3 is 6.18 Å². The summed E-state index contributed by atoms with van der Waals surface area (Å²) < 4.78 is 47.0. The van der Waals surface area contributed by atoms with E-state index < -0.39 is 17.6 Å². The minimum Gasteiger partial charge on any atom is -0.383 e. The van der Waals surface area contributed by atoms with Crippen LogP contribution in [0.5, 0.6) is 0 Å². The van der Waals surface area contributed by atoms with E-state index in [1.165, 1.54) is 6.20 Å². The van der Waals surface area contributed by atoms with Crippen LogP contribution in [0.15, 0.2) is 24.8 Å². The average Bonchev–Trinajstić information content (AvgIpc) is 3.24. The second-order valence-corrected chi connectivity index (χ2v) is 8.33. The largest absolute Gasteiger partial charge is 0.419 e. The number of hydrogen-bond acceptors (Lipinski definition) is 5. The Morgan fingerprint density at radius 1 is 1.21 bits per heavy atom. The summed E-state index contributed by atoms with van der Waals surface area (Å²) in [6, 6.07) is 2.17. The molecule has 6 nitrogen and oxygen atoms in total. The van der Waals surface area contributed by atoms with Gasteiger partial charge in [-0.1, -0.05) is 0 Å². The van der Waals surface area contributed by atoms with E-state index in [9.17, 15) is 13.2 Å². The Labute approximate surface area is 159 Å². The molecule has 2 aliphatic carbocycles. The molecule has 2 saturated carbocycles. The summed E-state index contributed by atoms with van der Waals surface area (Å²) in [4.78, 5) is 10.7. The lowest BCUT2D eigenvalue weighted by molar-refractivity contribution is -0.137. The molecule has 28 heavy (non-hydrogen) atoms. The lowest BCUT2D eigenvalue weighted by atomic mass is 10.1. The third kappa shape index (κ3) is 2.06. The summed E-state index contributed by atoms with van der Waals surface area (Å²) in [7, 11) is 0. The molecule has 3 aliphatic heterocycles. The number of rotatable bonds is 3. The smallest absolute Gasteiger partial charge is 0.383 e. The number of halogens is 3. The summed E-state index contributed by atoms with van der Waals surface area (Å²) in [5.41, 5.74) is 5.43. The fraction of sp³-hybridized carbons (Fsp3) is 0.579. The highest BCUT2D eigenvalue weighted by molar-refractivity contribution is 5.62. The summed E-state index contributed by atoms with van der Waals surface area (Å²) >= 11 is 0. The number of nitrogens with two attached hydrogens (primary N) is 1. The maximum absolute atomic E-state index is 13.1. The molecule has 0 spiro atoms. The number of piperidine rings is 1. The predicted octanol–water partition coefficient (Wildman–Crippen LogP) is 2.36. The predicted molar refractivity (Wildman–Crippen MR) is 94.2 cm³/mol. The van der Waals surface area contributed by atoms with Crippen LogP contribution in [-0.4, -0.2) is 51.3 Å². The summed E-state index contributed by atoms with van der Waals surface area (Å²) in [6.07, 6.45) is 2.62. The minimum atomic E-state index is -4.53. The maximum Gasteiger partial charge on any atom is 0.419 e. The summed E-state index contributed by atoms with van der Waals surface area (Å²) in [5, 5.41) is 0. The van der Waals surface area contributed by atoms with Crippen molar-refractivity contribution in [3.8, 4) is 11.3 Å². The van der Waals surface area contributed by atoms with E-state index in [2.05, 4.69) is 19.4 Å². The molecule has 9 heteroatoms. The first-order chi connectivity index (χ1) is 13.4. The van der Waals surface area contributed by atoms with Gasteiger partial charge in [-0.25, -0.2) is 9.97 Å². The van der Waals surface area contributed by atoms with Gasteiger partial charge in [-0.2, -0.15) is 13.2 Å². The molecule has 148 valence electrons. The quantitative estimate of drug-likeness (QED) is 0.870. The number of nitrogen functional groups attached to an aromatic ring is 1. The molecule has 4 atom stereocenters. The second-order valence-electron chi connectivity index (χ2n) is 8.33. The average molecular weight is 391 g/mol. The molecule has 2 aromatic rings. The van der Waals surface area contributed by atoms with Crippen molar-refractivity contribution in [1.29, 1.82) is 0 Å². The first kappa shape index (κ1) is 16.8. The molecule has 5 aliphatic rings. The lowest BCUT2D eigenvalue weighted by Crippen LogP contribution is -2.39. The highest BCUT2D eigenvalue weighted by atomic mass is 19.4. The van der Waals surface area contributed by atoms with Gasteiger partial charge in [0.15, 0.2) is 0 Å². The Morgan fingerprint density at radius 3 is 2.71 bits per heavy atom. The van der Waals surface area contributed by atoms with Gasteiger partial charge in [-0.15, -0.1) is 0 Å². The molecule has 5 heterocycles. The fourth-order valence-corrected chi connectivity index (χ4v) is 5.73. The first-order valence-corrected chi connectivity index (χ1v) is 9.63. The van der Waals surface area contributed by atoms with Crippen LogP contribution in [0.25, 0.3) is 11.3 Å². The van der Waals surface area contributed by atoms with Gasteiger partial charge in [0.2, 0.25) is 0 Å². The molecule has 2 bridgehead atoms. The highest BCUT2D eigenvalue weighted by Crippen LogP contribution is 2.83. The Morgan fingerprint density at radius 2 is 2.00 bits per heavy atom. The molecule has 0 amide bonds. The monoisotopic (exact) mass is 391 g/mol. The van der Waals surface area contributed by atoms with Gasteiger partial charge < -0.3 is 15.0 Å². The van der Waals surface area contributed by atoms with Crippen LogP contribution in [0.4, 0.5) is 19.0 Å². The van der Waals surface area contributed by atoms with Gasteiger partial charge in [0.05, 0.1) is 23.1 Å². The van der Waals surface area contributed by atoms with Crippen molar-refractivity contribution in [2.75, 3.05) is 25.5 Å². The van der Waals surface area contributed by atoms with Crippen LogP contribution >= 0.6 is 0 Å². The molecule has 2 N–H and O–H groups in total. The number of nitrogens with zero attached hydrogens (tertiary/aromatic N) is 4. The second kappa shape index (κ2) is 5.27. The zero-order valence-electron chi connectivity index (χ0n) is 15.1. The zero-order chi connectivity index (χ0) is 19.3. The number of pyridine rings is 1. The van der Waals surface area contributed by atoms with Crippen molar-refractivity contribution in [3.05, 3.63) is 30.4 Å². The van der Waals surface area contributed by atoms with Crippen LogP contribution < -0.4 is 5.73 Å². The number of ether oxygens (including phenoxy) is 1. The van der Waals surface area contributed by atoms with Gasteiger partial charge in [-0.05, 0) is 18.9 Å². The van der Waals surface area contributed by atoms with Crippen molar-refractivity contribution in [1.82, 2.24) is 19.4 Å². The molecule has 2 aromatic heterocycles. The topological polar surface area (TPSA) is 69.2 Å². The van der Waals surface area contributed by atoms with Crippen LogP contribution in [0, 0.1) is 11.8 Å². The summed E-state index contributed by atoms with van der Waals surface area (Å²) in [6.45, 7) is 2.77. The molecule has 0 radical (unpaired) electrons. The first-order valence-electron chi connectivity index (χ1n) is 9.63. The van der Waals surface area contributed by atoms with E-state index in [0.717, 1.165) is 38.7 Å². The van der Waals surface area contributed by atoms with Gasteiger partial charge in [0, 0.05) is 61.6 Å². The number of fused-ring (bicyclic) bond motifs is 1. The Hall–Kier alpha value is -2.13.